The molecule has 0 aliphatic rings. The topological polar surface area (TPSA) is 58.4 Å². The second kappa shape index (κ2) is 9.55. The van der Waals surface area contributed by atoms with Gasteiger partial charge in [0.25, 0.3) is 5.91 Å². The van der Waals surface area contributed by atoms with Crippen LogP contribution in [0.2, 0.25) is 0 Å². The molecule has 1 amide bonds. The molecule has 0 saturated carbocycles. The molecule has 0 heterocycles. The Bertz CT molecular complexity index is 449. The van der Waals surface area contributed by atoms with E-state index >= 15 is 0 Å². The van der Waals surface area contributed by atoms with Crippen LogP contribution in [0, 0.1) is 0 Å². The molecule has 0 spiro atoms. The van der Waals surface area contributed by atoms with Crippen LogP contribution < -0.4 is 11.1 Å². The van der Waals surface area contributed by atoms with Crippen LogP contribution in [0.4, 0.5) is 11.4 Å². The minimum atomic E-state index is -0.00452. The summed E-state index contributed by atoms with van der Waals surface area (Å²) in [5.41, 5.74) is 8.16. The molecular weight excluding hydrogens is 282 g/mol. The third-order valence-electron chi connectivity index (χ3n) is 3.30. The summed E-state index contributed by atoms with van der Waals surface area (Å²) in [7, 11) is 3.50. The Morgan fingerprint density at radius 2 is 1.95 bits per heavy atom. The highest BCUT2D eigenvalue weighted by Crippen LogP contribution is 2.21. The molecule has 0 aliphatic carbocycles. The Hall–Kier alpha value is -1.36. The van der Waals surface area contributed by atoms with Crippen LogP contribution in [0.1, 0.15) is 36.0 Å². The molecule has 0 atom stereocenters. The first kappa shape index (κ1) is 17.7. The van der Waals surface area contributed by atoms with Crippen LogP contribution in [0.5, 0.6) is 0 Å². The van der Waals surface area contributed by atoms with E-state index in [9.17, 15) is 4.79 Å². The molecule has 0 saturated heterocycles. The minimum absolute atomic E-state index is 0.00452. The fourth-order valence-corrected chi connectivity index (χ4v) is 2.54. The quantitative estimate of drug-likeness (QED) is 0.543. The van der Waals surface area contributed by atoms with E-state index in [1.807, 2.05) is 17.8 Å². The Morgan fingerprint density at radius 1 is 1.24 bits per heavy atom. The van der Waals surface area contributed by atoms with Crippen LogP contribution >= 0.6 is 11.8 Å². The van der Waals surface area contributed by atoms with Gasteiger partial charge in [0.05, 0.1) is 11.4 Å². The van der Waals surface area contributed by atoms with E-state index < -0.39 is 0 Å². The zero-order chi connectivity index (χ0) is 15.7. The third kappa shape index (κ3) is 6.29. The molecule has 0 bridgehead atoms. The van der Waals surface area contributed by atoms with Crippen LogP contribution in [-0.2, 0) is 0 Å². The number of carbonyl (C=O) groups is 1. The maximum Gasteiger partial charge on any atom is 0.253 e. The number of carbonyl (C=O) groups excluding carboxylic acids is 1. The molecule has 0 aromatic heterocycles. The van der Waals surface area contributed by atoms with Gasteiger partial charge in [0.2, 0.25) is 0 Å². The summed E-state index contributed by atoms with van der Waals surface area (Å²) >= 11 is 1.90. The molecule has 5 heteroatoms. The first-order valence-electron chi connectivity index (χ1n) is 7.40. The summed E-state index contributed by atoms with van der Waals surface area (Å²) < 4.78 is 0. The summed E-state index contributed by atoms with van der Waals surface area (Å²) in [6, 6.07) is 5.40. The number of hydrogen-bond acceptors (Lipinski definition) is 4. The van der Waals surface area contributed by atoms with Crippen molar-refractivity contribution in [2.75, 3.05) is 43.7 Å². The van der Waals surface area contributed by atoms with Crippen molar-refractivity contribution in [2.24, 2.45) is 0 Å². The standard InChI is InChI=1S/C16H27N3OS/c1-19(2)16(20)13-8-9-14(17)15(12-13)18-10-6-4-5-7-11-21-3/h8-9,12,18H,4-7,10-11,17H2,1-3H3. The maximum atomic E-state index is 11.9. The van der Waals surface area contributed by atoms with Crippen molar-refractivity contribution in [3.63, 3.8) is 0 Å². The molecule has 1 rings (SSSR count). The number of nitrogen functional groups attached to an aromatic ring is 1. The molecule has 0 aliphatic heterocycles. The van der Waals surface area contributed by atoms with Crippen LogP contribution in [-0.4, -0.2) is 43.5 Å². The summed E-state index contributed by atoms with van der Waals surface area (Å²) in [6.07, 6.45) is 7.06. The number of nitrogens with two attached hydrogens (primary N) is 1. The molecule has 3 N–H and O–H groups in total. The molecule has 1 aromatic rings. The molecule has 1 aromatic carbocycles. The highest BCUT2D eigenvalue weighted by molar-refractivity contribution is 7.98. The van der Waals surface area contributed by atoms with Crippen molar-refractivity contribution in [3.8, 4) is 0 Å². The van der Waals surface area contributed by atoms with E-state index in [-0.39, 0.29) is 5.91 Å². The van der Waals surface area contributed by atoms with Crippen molar-refractivity contribution in [1.82, 2.24) is 4.90 Å². The Balaban J connectivity index is 2.44. The fourth-order valence-electron chi connectivity index (χ4n) is 2.05. The number of hydrogen-bond donors (Lipinski definition) is 2. The molecule has 0 unspecified atom stereocenters. The lowest BCUT2D eigenvalue weighted by Crippen LogP contribution is -2.21. The van der Waals surface area contributed by atoms with E-state index in [0.717, 1.165) is 18.7 Å². The first-order valence-corrected chi connectivity index (χ1v) is 8.79. The average molecular weight is 309 g/mol. The fraction of sp³-hybridized carbons (Fsp3) is 0.562. The van der Waals surface area contributed by atoms with Crippen molar-refractivity contribution in [1.29, 1.82) is 0 Å². The molecular formula is C16H27N3OS. The number of nitrogens with one attached hydrogen (secondary N) is 1. The lowest BCUT2D eigenvalue weighted by atomic mass is 10.1. The third-order valence-corrected chi connectivity index (χ3v) is 3.99. The zero-order valence-electron chi connectivity index (χ0n) is 13.3. The van der Waals surface area contributed by atoms with Crippen molar-refractivity contribution in [2.45, 2.75) is 25.7 Å². The summed E-state index contributed by atoms with van der Waals surface area (Å²) in [6.45, 7) is 0.892. The first-order chi connectivity index (χ1) is 10.1. The SMILES string of the molecule is CSCCCCCCNc1cc(C(=O)N(C)C)ccc1N. The summed E-state index contributed by atoms with van der Waals surface area (Å²) in [5, 5.41) is 3.34. The van der Waals surface area contributed by atoms with Gasteiger partial charge in [-0.1, -0.05) is 12.8 Å². The van der Waals surface area contributed by atoms with Crippen LogP contribution in [0.3, 0.4) is 0 Å². The Morgan fingerprint density at radius 3 is 2.62 bits per heavy atom. The molecule has 0 radical (unpaired) electrons. The molecule has 0 fully saturated rings. The number of anilines is 2. The highest BCUT2D eigenvalue weighted by Gasteiger charge is 2.09. The van der Waals surface area contributed by atoms with Gasteiger partial charge in [-0.05, 0) is 43.0 Å². The van der Waals surface area contributed by atoms with Crippen molar-refractivity contribution < 1.29 is 4.79 Å². The van der Waals surface area contributed by atoms with Crippen molar-refractivity contribution in [3.05, 3.63) is 23.8 Å². The number of nitrogens with zero attached hydrogens (tertiary/aromatic N) is 1. The predicted octanol–water partition coefficient (Wildman–Crippen LogP) is 3.31. The van der Waals surface area contributed by atoms with Gasteiger partial charge in [-0.2, -0.15) is 11.8 Å². The molecule has 21 heavy (non-hydrogen) atoms. The highest BCUT2D eigenvalue weighted by atomic mass is 32.2. The predicted molar refractivity (Wildman–Crippen MR) is 94.2 cm³/mol. The number of rotatable bonds is 9. The van der Waals surface area contributed by atoms with Crippen molar-refractivity contribution >= 4 is 29.0 Å². The number of benzene rings is 1. The Labute approximate surface area is 132 Å². The van der Waals surface area contributed by atoms with Gasteiger partial charge in [0.15, 0.2) is 0 Å². The Kier molecular flexibility index (Phi) is 8.05. The lowest BCUT2D eigenvalue weighted by Gasteiger charge is -2.14. The van der Waals surface area contributed by atoms with Gasteiger partial charge >= 0.3 is 0 Å². The van der Waals surface area contributed by atoms with E-state index in [4.69, 9.17) is 5.73 Å². The number of unbranched alkanes of at least 4 members (excludes halogenated alkanes) is 3. The van der Waals surface area contributed by atoms with E-state index in [0.29, 0.717) is 11.3 Å². The summed E-state index contributed by atoms with van der Waals surface area (Å²) in [4.78, 5) is 13.5. The molecule has 4 nitrogen and oxygen atoms in total. The van der Waals surface area contributed by atoms with Gasteiger partial charge in [-0.25, -0.2) is 0 Å². The zero-order valence-corrected chi connectivity index (χ0v) is 14.1. The average Bonchev–Trinajstić information content (AvgIpc) is 2.47. The van der Waals surface area contributed by atoms with Gasteiger partial charge in [-0.3, -0.25) is 4.79 Å². The van der Waals surface area contributed by atoms with Gasteiger partial charge < -0.3 is 16.0 Å². The van der Waals surface area contributed by atoms with Gasteiger partial charge in [0, 0.05) is 26.2 Å². The second-order valence-electron chi connectivity index (χ2n) is 5.34. The monoisotopic (exact) mass is 309 g/mol. The maximum absolute atomic E-state index is 11.9. The normalized spacial score (nSPS) is 10.4. The van der Waals surface area contributed by atoms with Crippen LogP contribution in [0.25, 0.3) is 0 Å². The smallest absolute Gasteiger partial charge is 0.253 e. The van der Waals surface area contributed by atoms with E-state index in [2.05, 4.69) is 11.6 Å². The summed E-state index contributed by atoms with van der Waals surface area (Å²) in [5.74, 6) is 1.24. The van der Waals surface area contributed by atoms with E-state index in [1.165, 1.54) is 25.0 Å². The van der Waals surface area contributed by atoms with Gasteiger partial charge in [-0.15, -0.1) is 0 Å². The van der Waals surface area contributed by atoms with Crippen LogP contribution in [0.15, 0.2) is 18.2 Å². The van der Waals surface area contributed by atoms with Gasteiger partial charge in [0.1, 0.15) is 0 Å². The molecule has 118 valence electrons. The van der Waals surface area contributed by atoms with E-state index in [1.54, 1.807) is 31.1 Å². The minimum Gasteiger partial charge on any atom is -0.397 e. The largest absolute Gasteiger partial charge is 0.397 e. The number of amides is 1. The lowest BCUT2D eigenvalue weighted by molar-refractivity contribution is 0.0827. The number of thioether (sulfide) groups is 1. The second-order valence-corrected chi connectivity index (χ2v) is 6.32.